The number of ether oxygens (including phenoxy) is 1. The first-order valence-electron chi connectivity index (χ1n) is 11.0. The lowest BCUT2D eigenvalue weighted by molar-refractivity contribution is -0.127. The number of rotatable bonds is 7. The molecule has 2 aromatic rings. The van der Waals surface area contributed by atoms with Crippen LogP contribution in [-0.4, -0.2) is 39.9 Å². The van der Waals surface area contributed by atoms with Crippen molar-refractivity contribution in [2.45, 2.75) is 59.2 Å². The summed E-state index contributed by atoms with van der Waals surface area (Å²) in [7, 11) is 0. The second-order valence-corrected chi connectivity index (χ2v) is 9.81. The topological polar surface area (TPSA) is 110 Å². The van der Waals surface area contributed by atoms with Crippen LogP contribution in [0.15, 0.2) is 40.3 Å². The number of aliphatic imine (C=N–C) groups is 1. The summed E-state index contributed by atoms with van der Waals surface area (Å²) in [5, 5.41) is 4.64. The Kier molecular flexibility index (Phi) is 7.86. The van der Waals surface area contributed by atoms with E-state index in [1.54, 1.807) is 17.5 Å². The molecular weight excluding hydrogens is 438 g/mol. The van der Waals surface area contributed by atoms with Gasteiger partial charge in [0.2, 0.25) is 0 Å². The van der Waals surface area contributed by atoms with Gasteiger partial charge in [0, 0.05) is 31.3 Å². The van der Waals surface area contributed by atoms with E-state index in [0.29, 0.717) is 36.6 Å². The van der Waals surface area contributed by atoms with Gasteiger partial charge in [-0.15, -0.1) is 11.3 Å². The molecule has 0 aliphatic carbocycles. The Hall–Kier alpha value is -3.20. The maximum atomic E-state index is 13.4. The summed E-state index contributed by atoms with van der Waals surface area (Å²) in [5.41, 5.74) is 8.57. The first kappa shape index (κ1) is 24.4. The van der Waals surface area contributed by atoms with Crippen LogP contribution in [0.3, 0.4) is 0 Å². The lowest BCUT2D eigenvalue weighted by atomic mass is 10.1. The van der Waals surface area contributed by atoms with E-state index in [2.05, 4.69) is 15.3 Å². The fourth-order valence-corrected chi connectivity index (χ4v) is 4.11. The fourth-order valence-electron chi connectivity index (χ4n) is 3.33. The zero-order valence-corrected chi connectivity index (χ0v) is 20.4. The Morgan fingerprint density at radius 1 is 1.27 bits per heavy atom. The molecule has 8 nitrogen and oxygen atoms in total. The van der Waals surface area contributed by atoms with Gasteiger partial charge >= 0.3 is 6.09 Å². The molecular formula is C24H31N5O3S. The van der Waals surface area contributed by atoms with Gasteiger partial charge in [-0.1, -0.05) is 13.0 Å². The van der Waals surface area contributed by atoms with Gasteiger partial charge in [-0.2, -0.15) is 0 Å². The minimum absolute atomic E-state index is 0.0491. The van der Waals surface area contributed by atoms with Gasteiger partial charge in [-0.05, 0) is 56.3 Å². The summed E-state index contributed by atoms with van der Waals surface area (Å²) in [5.74, 6) is 0.388. The molecule has 0 unspecified atom stereocenters. The van der Waals surface area contributed by atoms with E-state index in [0.717, 1.165) is 22.5 Å². The molecule has 2 aromatic heterocycles. The highest BCUT2D eigenvalue weighted by molar-refractivity contribution is 7.11. The second-order valence-electron chi connectivity index (χ2n) is 8.86. The molecule has 2 amide bonds. The molecule has 0 aromatic carbocycles. The first-order chi connectivity index (χ1) is 15.6. The Morgan fingerprint density at radius 3 is 2.73 bits per heavy atom. The van der Waals surface area contributed by atoms with Gasteiger partial charge in [0.15, 0.2) is 0 Å². The predicted molar refractivity (Wildman–Crippen MR) is 131 cm³/mol. The Labute approximate surface area is 198 Å². The highest BCUT2D eigenvalue weighted by Gasteiger charge is 2.22. The van der Waals surface area contributed by atoms with Crippen LogP contribution in [0.25, 0.3) is 6.08 Å². The zero-order valence-electron chi connectivity index (χ0n) is 19.6. The fraction of sp³-hybridized carbons (Fsp3) is 0.417. The number of amides is 2. The molecule has 3 heterocycles. The van der Waals surface area contributed by atoms with Crippen molar-refractivity contribution < 1.29 is 14.3 Å². The third-order valence-electron chi connectivity index (χ3n) is 4.74. The lowest BCUT2D eigenvalue weighted by Crippen LogP contribution is -2.33. The molecule has 0 saturated carbocycles. The van der Waals surface area contributed by atoms with Gasteiger partial charge < -0.3 is 20.7 Å². The molecule has 0 fully saturated rings. The Balaban J connectivity index is 1.66. The van der Waals surface area contributed by atoms with Crippen molar-refractivity contribution in [3.8, 4) is 0 Å². The van der Waals surface area contributed by atoms with E-state index in [1.165, 1.54) is 0 Å². The van der Waals surface area contributed by atoms with Crippen molar-refractivity contribution in [2.24, 2.45) is 10.7 Å². The Morgan fingerprint density at radius 2 is 2.06 bits per heavy atom. The number of pyridine rings is 1. The third-order valence-corrected chi connectivity index (χ3v) is 5.60. The summed E-state index contributed by atoms with van der Waals surface area (Å²) in [4.78, 5) is 36.8. The summed E-state index contributed by atoms with van der Waals surface area (Å²) in [6, 6.07) is 5.67. The van der Waals surface area contributed by atoms with Gasteiger partial charge in [-0.25, -0.2) is 9.79 Å². The maximum absolute atomic E-state index is 13.4. The van der Waals surface area contributed by atoms with Crippen LogP contribution in [0.1, 0.15) is 56.7 Å². The average Bonchev–Trinajstić information content (AvgIpc) is 3.10. The number of carbonyl (C=O) groups is 2. The Bertz CT molecular complexity index is 1050. The van der Waals surface area contributed by atoms with Gasteiger partial charge in [0.25, 0.3) is 5.91 Å². The first-order valence-corrected chi connectivity index (χ1v) is 11.8. The number of nitrogens with two attached hydrogens (primary N) is 1. The standard InChI is InChI=1S/C24H31N5O3S/c1-5-9-29(22(30)17-11-20-19(8-10-33-20)28-21(25)12-17)15-16-6-7-18(26-13-16)14-27-23(31)32-24(2,3)4/h6-8,10-11,13H,5,9,12,14-15H2,1-4H3,(H2,25,28)(H,27,31). The number of thiophene rings is 1. The minimum Gasteiger partial charge on any atom is -0.444 e. The molecule has 33 heavy (non-hydrogen) atoms. The molecule has 1 aliphatic heterocycles. The van der Waals surface area contributed by atoms with Crippen molar-refractivity contribution >= 4 is 40.9 Å². The third kappa shape index (κ3) is 7.15. The SMILES string of the molecule is CCCN(Cc1ccc(CNC(=O)OC(C)(C)C)nc1)C(=O)C1=Cc2sccc2N=C(N)C1. The van der Waals surface area contributed by atoms with Crippen LogP contribution >= 0.6 is 11.3 Å². The van der Waals surface area contributed by atoms with E-state index < -0.39 is 11.7 Å². The molecule has 0 saturated heterocycles. The highest BCUT2D eigenvalue weighted by Crippen LogP contribution is 2.31. The van der Waals surface area contributed by atoms with Crippen LogP contribution in [0.4, 0.5) is 10.5 Å². The molecule has 176 valence electrons. The molecule has 3 rings (SSSR count). The molecule has 0 radical (unpaired) electrons. The van der Waals surface area contributed by atoms with Crippen LogP contribution < -0.4 is 11.1 Å². The highest BCUT2D eigenvalue weighted by atomic mass is 32.1. The summed E-state index contributed by atoms with van der Waals surface area (Å²) < 4.78 is 5.24. The minimum atomic E-state index is -0.551. The number of nitrogens with one attached hydrogen (secondary N) is 1. The number of aromatic nitrogens is 1. The number of nitrogens with zero attached hydrogens (tertiary/aromatic N) is 3. The average molecular weight is 470 g/mol. The molecule has 9 heteroatoms. The normalized spacial score (nSPS) is 13.3. The smallest absolute Gasteiger partial charge is 0.407 e. The van der Waals surface area contributed by atoms with Gasteiger partial charge in [0.05, 0.1) is 22.8 Å². The summed E-state index contributed by atoms with van der Waals surface area (Å²) >= 11 is 1.54. The number of hydrogen-bond donors (Lipinski definition) is 2. The van der Waals surface area contributed by atoms with Crippen molar-refractivity contribution in [3.05, 3.63) is 51.5 Å². The van der Waals surface area contributed by atoms with Crippen molar-refractivity contribution in [1.29, 1.82) is 0 Å². The number of fused-ring (bicyclic) bond motifs is 1. The molecule has 0 atom stereocenters. The van der Waals surface area contributed by atoms with Crippen molar-refractivity contribution in [3.63, 3.8) is 0 Å². The van der Waals surface area contributed by atoms with E-state index in [9.17, 15) is 9.59 Å². The van der Waals surface area contributed by atoms with Crippen LogP contribution in [0, 0.1) is 0 Å². The summed E-state index contributed by atoms with van der Waals surface area (Å²) in [6.45, 7) is 8.80. The zero-order chi connectivity index (χ0) is 24.0. The van der Waals surface area contributed by atoms with E-state index >= 15 is 0 Å². The number of carbonyl (C=O) groups excluding carboxylic acids is 2. The van der Waals surface area contributed by atoms with Gasteiger partial charge in [-0.3, -0.25) is 9.78 Å². The number of hydrogen-bond acceptors (Lipinski definition) is 7. The van der Waals surface area contributed by atoms with E-state index in [4.69, 9.17) is 10.5 Å². The van der Waals surface area contributed by atoms with Crippen molar-refractivity contribution in [1.82, 2.24) is 15.2 Å². The second kappa shape index (κ2) is 10.6. The largest absolute Gasteiger partial charge is 0.444 e. The summed E-state index contributed by atoms with van der Waals surface area (Å²) in [6.07, 6.45) is 4.31. The van der Waals surface area contributed by atoms with Crippen molar-refractivity contribution in [2.75, 3.05) is 6.54 Å². The number of alkyl carbamates (subject to hydrolysis) is 1. The predicted octanol–water partition coefficient (Wildman–Crippen LogP) is 4.38. The van der Waals surface area contributed by atoms with Crippen LogP contribution in [-0.2, 0) is 22.6 Å². The van der Waals surface area contributed by atoms with Crippen LogP contribution in [0.5, 0.6) is 0 Å². The van der Waals surface area contributed by atoms with Gasteiger partial charge in [0.1, 0.15) is 11.4 Å². The molecule has 0 bridgehead atoms. The number of amidine groups is 1. The van der Waals surface area contributed by atoms with Crippen LogP contribution in [0.2, 0.25) is 0 Å². The maximum Gasteiger partial charge on any atom is 0.407 e. The van der Waals surface area contributed by atoms with E-state index in [1.807, 2.05) is 62.3 Å². The monoisotopic (exact) mass is 469 g/mol. The molecule has 0 spiro atoms. The molecule has 3 N–H and O–H groups in total. The molecule has 1 aliphatic rings. The lowest BCUT2D eigenvalue weighted by Gasteiger charge is -2.23. The van der Waals surface area contributed by atoms with E-state index in [-0.39, 0.29) is 12.5 Å². The quantitative estimate of drug-likeness (QED) is 0.625.